The molecule has 3 aromatic rings. The molecule has 1 unspecified atom stereocenters. The van der Waals surface area contributed by atoms with Gasteiger partial charge in [-0.3, -0.25) is 9.36 Å². The van der Waals surface area contributed by atoms with E-state index in [1.807, 2.05) is 24.3 Å². The summed E-state index contributed by atoms with van der Waals surface area (Å²) in [7, 11) is 2.09. The van der Waals surface area contributed by atoms with Crippen molar-refractivity contribution in [1.29, 1.82) is 0 Å². The number of benzene rings is 2. The third-order valence-electron chi connectivity index (χ3n) is 4.10. The fraction of sp³-hybridized carbons (Fsp3) is 0.263. The van der Waals surface area contributed by atoms with Crippen LogP contribution >= 0.6 is 0 Å². The molecule has 0 fully saturated rings. The van der Waals surface area contributed by atoms with Gasteiger partial charge in [0, 0.05) is 5.56 Å². The Morgan fingerprint density at radius 1 is 1.12 bits per heavy atom. The molecule has 3 rings (SSSR count). The number of nitrogens with zero attached hydrogens (tertiary/aromatic N) is 1. The van der Waals surface area contributed by atoms with E-state index in [0.717, 1.165) is 13.1 Å². The van der Waals surface area contributed by atoms with E-state index in [2.05, 4.69) is 24.5 Å². The second-order valence-electron chi connectivity index (χ2n) is 6.14. The Hall–Kier alpha value is -2.86. The number of hydrogen-bond acceptors (Lipinski definition) is 3. The molecule has 6 heteroatoms. The number of hydrogen-bond donors (Lipinski definition) is 2. The van der Waals surface area contributed by atoms with Gasteiger partial charge in [-0.25, -0.2) is 4.79 Å². The molecule has 1 amide bonds. The minimum Gasteiger partial charge on any atom is -0.408 e. The average molecular weight is 340 g/mol. The first-order valence-corrected chi connectivity index (χ1v) is 8.34. The molecule has 2 N–H and O–H groups in total. The molecule has 0 bridgehead atoms. The lowest BCUT2D eigenvalue weighted by Crippen LogP contribution is -3.08. The number of carbonyl (C=O) groups is 1. The Labute approximate surface area is 145 Å². The van der Waals surface area contributed by atoms with E-state index >= 15 is 0 Å². The number of para-hydroxylation sites is 2. The van der Waals surface area contributed by atoms with Crippen molar-refractivity contribution in [3.8, 4) is 0 Å². The minimum absolute atomic E-state index is 0.0341. The van der Waals surface area contributed by atoms with E-state index in [1.165, 1.54) is 15.0 Å². The summed E-state index contributed by atoms with van der Waals surface area (Å²) in [5.74, 6) is -0.704. The van der Waals surface area contributed by atoms with E-state index in [4.69, 9.17) is 4.42 Å². The van der Waals surface area contributed by atoms with Crippen LogP contribution < -0.4 is 16.0 Å². The van der Waals surface area contributed by atoms with Crippen molar-refractivity contribution in [2.24, 2.45) is 0 Å². The van der Waals surface area contributed by atoms with Crippen molar-refractivity contribution in [2.45, 2.75) is 13.1 Å². The minimum atomic E-state index is -0.511. The normalized spacial score (nSPS) is 12.2. The molecule has 1 heterocycles. The zero-order valence-electron chi connectivity index (χ0n) is 14.2. The lowest BCUT2D eigenvalue weighted by atomic mass is 10.2. The molecule has 0 saturated heterocycles. The van der Waals surface area contributed by atoms with Crippen LogP contribution in [0.1, 0.15) is 5.56 Å². The Morgan fingerprint density at radius 2 is 1.84 bits per heavy atom. The summed E-state index contributed by atoms with van der Waals surface area (Å²) in [5.41, 5.74) is 2.39. The molecule has 6 nitrogen and oxygen atoms in total. The third kappa shape index (κ3) is 4.36. The van der Waals surface area contributed by atoms with E-state index < -0.39 is 5.76 Å². The molecule has 0 spiro atoms. The highest BCUT2D eigenvalue weighted by molar-refractivity contribution is 5.79. The van der Waals surface area contributed by atoms with E-state index in [9.17, 15) is 9.59 Å². The Morgan fingerprint density at radius 3 is 2.64 bits per heavy atom. The fourth-order valence-corrected chi connectivity index (χ4v) is 2.81. The zero-order chi connectivity index (χ0) is 17.6. The van der Waals surface area contributed by atoms with Gasteiger partial charge in [-0.15, -0.1) is 0 Å². The number of amides is 1. The zero-order valence-corrected chi connectivity index (χ0v) is 14.2. The van der Waals surface area contributed by atoms with E-state index in [1.54, 1.807) is 18.2 Å². The fourth-order valence-electron chi connectivity index (χ4n) is 2.81. The highest BCUT2D eigenvalue weighted by Crippen LogP contribution is 2.11. The number of likely N-dealkylation sites (N-methyl/N-ethyl adjacent to an activating group) is 1. The molecule has 25 heavy (non-hydrogen) atoms. The molecule has 130 valence electrons. The summed E-state index contributed by atoms with van der Waals surface area (Å²) in [6, 6.07) is 17.3. The molecule has 0 saturated carbocycles. The molecule has 2 aromatic carbocycles. The van der Waals surface area contributed by atoms with Crippen LogP contribution in [0, 0.1) is 0 Å². The number of quaternary nitrogens is 1. The van der Waals surface area contributed by atoms with Crippen LogP contribution in [-0.2, 0) is 17.9 Å². The van der Waals surface area contributed by atoms with Crippen molar-refractivity contribution >= 4 is 17.0 Å². The van der Waals surface area contributed by atoms with Gasteiger partial charge in [-0.1, -0.05) is 42.5 Å². The molecule has 0 radical (unpaired) electrons. The summed E-state index contributed by atoms with van der Waals surface area (Å²) in [5, 5.41) is 2.87. The second kappa shape index (κ2) is 7.81. The molecule has 0 aliphatic heterocycles. The van der Waals surface area contributed by atoms with Crippen LogP contribution in [0.25, 0.3) is 11.1 Å². The first kappa shape index (κ1) is 17.0. The topological polar surface area (TPSA) is 68.7 Å². The van der Waals surface area contributed by atoms with Gasteiger partial charge in [0.1, 0.15) is 13.1 Å². The number of oxazole rings is 1. The van der Waals surface area contributed by atoms with Crippen molar-refractivity contribution in [2.75, 3.05) is 20.1 Å². The van der Waals surface area contributed by atoms with E-state index in [-0.39, 0.29) is 12.5 Å². The van der Waals surface area contributed by atoms with Gasteiger partial charge in [0.2, 0.25) is 5.91 Å². The Bertz CT molecular complexity index is 899. The first-order valence-electron chi connectivity index (χ1n) is 8.34. The maximum absolute atomic E-state index is 12.1. The van der Waals surface area contributed by atoms with Crippen LogP contribution in [0.5, 0.6) is 0 Å². The quantitative estimate of drug-likeness (QED) is 0.655. The number of rotatable bonds is 7. The van der Waals surface area contributed by atoms with Crippen molar-refractivity contribution < 1.29 is 14.1 Å². The van der Waals surface area contributed by atoms with Gasteiger partial charge in [-0.05, 0) is 12.1 Å². The van der Waals surface area contributed by atoms with Crippen molar-refractivity contribution in [1.82, 2.24) is 9.88 Å². The van der Waals surface area contributed by atoms with Crippen LogP contribution in [0.3, 0.4) is 0 Å². The summed E-state index contributed by atoms with van der Waals surface area (Å²) < 4.78 is 6.48. The van der Waals surface area contributed by atoms with Crippen LogP contribution in [0.4, 0.5) is 0 Å². The predicted octanol–water partition coefficient (Wildman–Crippen LogP) is 0.426. The lowest BCUT2D eigenvalue weighted by molar-refractivity contribution is -0.892. The average Bonchev–Trinajstić information content (AvgIpc) is 2.91. The largest absolute Gasteiger partial charge is 0.420 e. The first-order chi connectivity index (χ1) is 12.1. The van der Waals surface area contributed by atoms with Gasteiger partial charge in [0.05, 0.1) is 25.7 Å². The van der Waals surface area contributed by atoms with Crippen LogP contribution in [-0.4, -0.2) is 30.6 Å². The van der Waals surface area contributed by atoms with E-state index in [0.29, 0.717) is 17.6 Å². The number of carbonyl (C=O) groups excluding carboxylic acids is 1. The third-order valence-corrected chi connectivity index (χ3v) is 4.10. The molecule has 1 aromatic heterocycles. The van der Waals surface area contributed by atoms with Crippen LogP contribution in [0.15, 0.2) is 63.8 Å². The Balaban J connectivity index is 1.49. The number of nitrogens with one attached hydrogen (secondary N) is 2. The maximum Gasteiger partial charge on any atom is 0.420 e. The molecule has 1 atom stereocenters. The number of aromatic nitrogens is 1. The smallest absolute Gasteiger partial charge is 0.408 e. The highest BCUT2D eigenvalue weighted by Gasteiger charge is 2.12. The maximum atomic E-state index is 12.1. The SMILES string of the molecule is C[NH+](CCNC(=O)Cn1c(=O)oc2ccccc21)Cc1ccccc1. The second-order valence-corrected chi connectivity index (χ2v) is 6.14. The molecular weight excluding hydrogens is 318 g/mol. The Kier molecular flexibility index (Phi) is 5.30. The molecule has 0 aliphatic carbocycles. The van der Waals surface area contributed by atoms with Gasteiger partial charge in [0.15, 0.2) is 5.58 Å². The predicted molar refractivity (Wildman–Crippen MR) is 95.4 cm³/mol. The van der Waals surface area contributed by atoms with Gasteiger partial charge in [-0.2, -0.15) is 0 Å². The van der Waals surface area contributed by atoms with Gasteiger partial charge in [0.25, 0.3) is 0 Å². The summed E-state index contributed by atoms with van der Waals surface area (Å²) in [4.78, 5) is 25.3. The monoisotopic (exact) mass is 340 g/mol. The lowest BCUT2D eigenvalue weighted by Gasteiger charge is -2.14. The summed E-state index contributed by atoms with van der Waals surface area (Å²) in [6.45, 7) is 2.24. The summed E-state index contributed by atoms with van der Waals surface area (Å²) >= 11 is 0. The highest BCUT2D eigenvalue weighted by atomic mass is 16.4. The standard InChI is InChI=1S/C19H21N3O3/c1-21(13-15-7-3-2-4-8-15)12-11-20-18(23)14-22-16-9-5-6-10-17(16)25-19(22)24/h2-10H,11-14H2,1H3,(H,20,23)/p+1. The van der Waals surface area contributed by atoms with Crippen LogP contribution in [0.2, 0.25) is 0 Å². The number of fused-ring (bicyclic) bond motifs is 1. The summed E-state index contributed by atoms with van der Waals surface area (Å²) in [6.07, 6.45) is 0. The van der Waals surface area contributed by atoms with Crippen molar-refractivity contribution in [3.63, 3.8) is 0 Å². The molecular formula is C19H22N3O3+. The van der Waals surface area contributed by atoms with Gasteiger partial charge < -0.3 is 14.6 Å². The van der Waals surface area contributed by atoms with Gasteiger partial charge >= 0.3 is 5.76 Å². The van der Waals surface area contributed by atoms with Crippen molar-refractivity contribution in [3.05, 3.63) is 70.7 Å². The molecule has 0 aliphatic rings.